The molecule has 1 saturated carbocycles. The summed E-state index contributed by atoms with van der Waals surface area (Å²) in [7, 11) is 1.71. The number of hydrogen-bond acceptors (Lipinski definition) is 2. The minimum atomic E-state index is -0.128. The highest BCUT2D eigenvalue weighted by atomic mass is 16.5. The Hall–Kier alpha value is -1.02. The van der Waals surface area contributed by atoms with Gasteiger partial charge in [-0.25, -0.2) is 0 Å². The Kier molecular flexibility index (Phi) is 2.23. The Morgan fingerprint density at radius 3 is 2.57 bits per heavy atom. The number of hydrogen-bond donors (Lipinski definition) is 1. The molecule has 2 N–H and O–H groups in total. The molecule has 0 atom stereocenters. The maximum atomic E-state index is 6.32. The van der Waals surface area contributed by atoms with Crippen LogP contribution in [0.4, 0.5) is 0 Å². The predicted molar refractivity (Wildman–Crippen MR) is 57.4 cm³/mol. The van der Waals surface area contributed by atoms with Gasteiger partial charge in [-0.05, 0) is 37.8 Å². The lowest BCUT2D eigenvalue weighted by atomic mass is 9.71. The molecular weight excluding hydrogens is 174 g/mol. The largest absolute Gasteiger partial charge is 0.496 e. The molecule has 1 aromatic rings. The van der Waals surface area contributed by atoms with E-state index in [2.05, 4.69) is 13.0 Å². The minimum Gasteiger partial charge on any atom is -0.496 e. The molecule has 0 spiro atoms. The van der Waals surface area contributed by atoms with Crippen LogP contribution in [0.5, 0.6) is 5.75 Å². The third kappa shape index (κ3) is 1.30. The summed E-state index contributed by atoms with van der Waals surface area (Å²) in [5.74, 6) is 0.937. The third-order valence-electron chi connectivity index (χ3n) is 3.20. The molecule has 1 aliphatic carbocycles. The lowest BCUT2D eigenvalue weighted by Crippen LogP contribution is -2.44. The van der Waals surface area contributed by atoms with Crippen molar-refractivity contribution >= 4 is 0 Å². The molecule has 0 heterocycles. The summed E-state index contributed by atoms with van der Waals surface area (Å²) in [6, 6.07) is 6.11. The molecule has 2 rings (SSSR count). The molecule has 1 aliphatic rings. The van der Waals surface area contributed by atoms with Gasteiger partial charge >= 0.3 is 0 Å². The molecule has 76 valence electrons. The molecule has 0 radical (unpaired) electrons. The lowest BCUT2D eigenvalue weighted by molar-refractivity contribution is 0.242. The number of ether oxygens (including phenoxy) is 1. The molecule has 0 unspecified atom stereocenters. The van der Waals surface area contributed by atoms with Gasteiger partial charge in [-0.2, -0.15) is 0 Å². The highest BCUT2D eigenvalue weighted by Gasteiger charge is 2.37. The first-order valence-electron chi connectivity index (χ1n) is 5.10. The van der Waals surface area contributed by atoms with Crippen LogP contribution in [0, 0.1) is 6.92 Å². The number of aryl methyl sites for hydroxylation is 1. The summed E-state index contributed by atoms with van der Waals surface area (Å²) in [6.45, 7) is 2.10. The van der Waals surface area contributed by atoms with E-state index < -0.39 is 0 Å². The van der Waals surface area contributed by atoms with Gasteiger partial charge in [-0.3, -0.25) is 0 Å². The van der Waals surface area contributed by atoms with Crippen LogP contribution in [0.1, 0.15) is 30.4 Å². The van der Waals surface area contributed by atoms with Crippen LogP contribution in [0.2, 0.25) is 0 Å². The molecular formula is C12H17NO. The Labute approximate surface area is 85.1 Å². The van der Waals surface area contributed by atoms with Gasteiger partial charge in [-0.1, -0.05) is 12.1 Å². The summed E-state index contributed by atoms with van der Waals surface area (Å²) in [4.78, 5) is 0. The molecule has 1 aromatic carbocycles. The van der Waals surface area contributed by atoms with Crippen molar-refractivity contribution < 1.29 is 4.74 Å². The van der Waals surface area contributed by atoms with Crippen LogP contribution in [0.3, 0.4) is 0 Å². The summed E-state index contributed by atoms with van der Waals surface area (Å²) in [5.41, 5.74) is 8.64. The highest BCUT2D eigenvalue weighted by Crippen LogP contribution is 2.44. The van der Waals surface area contributed by atoms with Gasteiger partial charge in [0.25, 0.3) is 0 Å². The molecule has 0 amide bonds. The molecule has 2 nitrogen and oxygen atoms in total. The van der Waals surface area contributed by atoms with E-state index in [0.717, 1.165) is 18.6 Å². The third-order valence-corrected chi connectivity index (χ3v) is 3.20. The second-order valence-corrected chi connectivity index (χ2v) is 4.16. The van der Waals surface area contributed by atoms with Crippen LogP contribution < -0.4 is 10.5 Å². The summed E-state index contributed by atoms with van der Waals surface area (Å²) in [6.07, 6.45) is 3.39. The van der Waals surface area contributed by atoms with Crippen molar-refractivity contribution in [3.63, 3.8) is 0 Å². The van der Waals surface area contributed by atoms with E-state index in [9.17, 15) is 0 Å². The summed E-state index contributed by atoms with van der Waals surface area (Å²) in [5, 5.41) is 0. The van der Waals surface area contributed by atoms with E-state index in [1.807, 2.05) is 12.1 Å². The molecule has 1 fully saturated rings. The monoisotopic (exact) mass is 191 g/mol. The fourth-order valence-corrected chi connectivity index (χ4v) is 2.26. The first kappa shape index (κ1) is 9.53. The van der Waals surface area contributed by atoms with Crippen molar-refractivity contribution in [1.29, 1.82) is 0 Å². The van der Waals surface area contributed by atoms with Gasteiger partial charge in [0.2, 0.25) is 0 Å². The van der Waals surface area contributed by atoms with Crippen LogP contribution in [0.25, 0.3) is 0 Å². The highest BCUT2D eigenvalue weighted by molar-refractivity contribution is 5.45. The van der Waals surface area contributed by atoms with Crippen molar-refractivity contribution in [1.82, 2.24) is 0 Å². The molecule has 0 saturated heterocycles. The van der Waals surface area contributed by atoms with E-state index in [1.54, 1.807) is 7.11 Å². The average Bonchev–Trinajstić information content (AvgIpc) is 2.14. The average molecular weight is 191 g/mol. The van der Waals surface area contributed by atoms with Gasteiger partial charge in [0.15, 0.2) is 0 Å². The van der Waals surface area contributed by atoms with Gasteiger partial charge in [-0.15, -0.1) is 0 Å². The fraction of sp³-hybridized carbons (Fsp3) is 0.500. The zero-order valence-corrected chi connectivity index (χ0v) is 8.84. The maximum absolute atomic E-state index is 6.32. The Bertz CT molecular complexity index is 342. The number of rotatable bonds is 2. The molecule has 0 aromatic heterocycles. The van der Waals surface area contributed by atoms with Crippen LogP contribution in [0.15, 0.2) is 18.2 Å². The van der Waals surface area contributed by atoms with Crippen LogP contribution in [-0.4, -0.2) is 7.11 Å². The van der Waals surface area contributed by atoms with Crippen LogP contribution >= 0.6 is 0 Å². The van der Waals surface area contributed by atoms with Gasteiger partial charge in [0.05, 0.1) is 7.11 Å². The standard InChI is InChI=1S/C12H17NO/c1-9-5-3-6-10(14-2)11(9)12(13)7-4-8-12/h3,5-6H,4,7-8,13H2,1-2H3. The quantitative estimate of drug-likeness (QED) is 0.778. The number of nitrogens with two attached hydrogens (primary N) is 1. The second kappa shape index (κ2) is 3.28. The van der Waals surface area contributed by atoms with E-state index >= 15 is 0 Å². The fourth-order valence-electron chi connectivity index (χ4n) is 2.26. The zero-order valence-electron chi connectivity index (χ0n) is 8.84. The summed E-state index contributed by atoms with van der Waals surface area (Å²) >= 11 is 0. The Morgan fingerprint density at radius 2 is 2.07 bits per heavy atom. The van der Waals surface area contributed by atoms with Gasteiger partial charge in [0, 0.05) is 11.1 Å². The van der Waals surface area contributed by atoms with Gasteiger partial charge < -0.3 is 10.5 Å². The molecule has 0 aliphatic heterocycles. The second-order valence-electron chi connectivity index (χ2n) is 4.16. The minimum absolute atomic E-state index is 0.128. The Balaban J connectivity index is 2.49. The molecule has 2 heteroatoms. The van der Waals surface area contributed by atoms with E-state index in [1.165, 1.54) is 17.5 Å². The van der Waals surface area contributed by atoms with E-state index in [4.69, 9.17) is 10.5 Å². The van der Waals surface area contributed by atoms with Crippen molar-refractivity contribution in [3.05, 3.63) is 29.3 Å². The Morgan fingerprint density at radius 1 is 1.36 bits per heavy atom. The first-order chi connectivity index (χ1) is 6.67. The maximum Gasteiger partial charge on any atom is 0.124 e. The normalized spacial score (nSPS) is 18.8. The topological polar surface area (TPSA) is 35.2 Å². The molecule has 14 heavy (non-hydrogen) atoms. The van der Waals surface area contributed by atoms with Crippen molar-refractivity contribution in [3.8, 4) is 5.75 Å². The number of methoxy groups -OCH3 is 1. The SMILES string of the molecule is COc1cccc(C)c1C1(N)CCC1. The van der Waals surface area contributed by atoms with E-state index in [0.29, 0.717) is 0 Å². The first-order valence-corrected chi connectivity index (χ1v) is 5.10. The number of benzene rings is 1. The molecule has 0 bridgehead atoms. The van der Waals surface area contributed by atoms with E-state index in [-0.39, 0.29) is 5.54 Å². The predicted octanol–water partition coefficient (Wildman–Crippen LogP) is 2.34. The van der Waals surface area contributed by atoms with Crippen molar-refractivity contribution in [2.75, 3.05) is 7.11 Å². The lowest BCUT2D eigenvalue weighted by Gasteiger charge is -2.40. The smallest absolute Gasteiger partial charge is 0.124 e. The van der Waals surface area contributed by atoms with Crippen molar-refractivity contribution in [2.45, 2.75) is 31.7 Å². The van der Waals surface area contributed by atoms with Crippen molar-refractivity contribution in [2.24, 2.45) is 5.73 Å². The van der Waals surface area contributed by atoms with Crippen LogP contribution in [-0.2, 0) is 5.54 Å². The van der Waals surface area contributed by atoms with Gasteiger partial charge in [0.1, 0.15) is 5.75 Å². The summed E-state index contributed by atoms with van der Waals surface area (Å²) < 4.78 is 5.37. The zero-order chi connectivity index (χ0) is 10.2.